The molecular weight excluding hydrogens is 230 g/mol. The minimum Gasteiger partial charge on any atom is -0.390 e. The number of alkyl halides is 2. The van der Waals surface area contributed by atoms with E-state index < -0.39 is 30.4 Å². The number of amides is 1. The van der Waals surface area contributed by atoms with E-state index in [9.17, 15) is 13.6 Å². The Kier molecular flexibility index (Phi) is 4.82. The molecule has 0 bridgehead atoms. The van der Waals surface area contributed by atoms with Crippen molar-refractivity contribution in [2.45, 2.75) is 38.0 Å². The number of carbonyl (C=O) groups excluding carboxylic acids is 1. The summed E-state index contributed by atoms with van der Waals surface area (Å²) in [4.78, 5) is 11.9. The summed E-state index contributed by atoms with van der Waals surface area (Å²) in [6.07, 6.45) is 4.17. The van der Waals surface area contributed by atoms with Crippen LogP contribution in [0.4, 0.5) is 8.78 Å². The second-order valence-corrected chi connectivity index (χ2v) is 4.74. The van der Waals surface area contributed by atoms with Gasteiger partial charge in [0.2, 0.25) is 5.91 Å². The fourth-order valence-corrected chi connectivity index (χ4v) is 2.21. The zero-order valence-electron chi connectivity index (χ0n) is 9.85. The molecule has 0 aromatic rings. The third kappa shape index (κ3) is 3.61. The van der Waals surface area contributed by atoms with Crippen molar-refractivity contribution in [3.8, 4) is 0 Å². The van der Waals surface area contributed by atoms with Crippen molar-refractivity contribution in [2.75, 3.05) is 19.7 Å². The van der Waals surface area contributed by atoms with Crippen molar-refractivity contribution in [3.63, 3.8) is 0 Å². The molecular formula is C11H20F2N2O2. The number of aliphatic hydroxyl groups is 1. The molecule has 4 nitrogen and oxygen atoms in total. The van der Waals surface area contributed by atoms with Gasteiger partial charge in [-0.3, -0.25) is 4.79 Å². The first-order valence-corrected chi connectivity index (χ1v) is 5.93. The molecule has 0 saturated heterocycles. The van der Waals surface area contributed by atoms with E-state index in [1.165, 1.54) is 0 Å². The van der Waals surface area contributed by atoms with Crippen LogP contribution in [-0.4, -0.2) is 36.6 Å². The Hall–Kier alpha value is -0.750. The third-order valence-corrected chi connectivity index (χ3v) is 3.42. The lowest BCUT2D eigenvalue weighted by atomic mass is 9.73. The smallest absolute Gasteiger partial charge is 0.287 e. The van der Waals surface area contributed by atoms with Crippen molar-refractivity contribution < 1.29 is 18.7 Å². The maximum Gasteiger partial charge on any atom is 0.287 e. The van der Waals surface area contributed by atoms with Crippen LogP contribution in [0.2, 0.25) is 0 Å². The summed E-state index contributed by atoms with van der Waals surface area (Å²) in [6.45, 7) is -1.91. The van der Waals surface area contributed by atoms with E-state index in [1.807, 2.05) is 0 Å². The quantitative estimate of drug-likeness (QED) is 0.670. The summed E-state index contributed by atoms with van der Waals surface area (Å²) >= 11 is 0. The molecule has 0 aliphatic heterocycles. The molecule has 100 valence electrons. The SMILES string of the molecule is NCC1(C(=O)NCC(F)(F)CO)CCCCC1. The van der Waals surface area contributed by atoms with E-state index in [1.54, 1.807) is 0 Å². The molecule has 17 heavy (non-hydrogen) atoms. The van der Waals surface area contributed by atoms with Crippen LogP contribution in [0.1, 0.15) is 32.1 Å². The van der Waals surface area contributed by atoms with Crippen LogP contribution in [0, 0.1) is 5.41 Å². The van der Waals surface area contributed by atoms with Crippen molar-refractivity contribution >= 4 is 5.91 Å². The Morgan fingerprint density at radius 3 is 2.41 bits per heavy atom. The van der Waals surface area contributed by atoms with Crippen LogP contribution >= 0.6 is 0 Å². The van der Waals surface area contributed by atoms with Gasteiger partial charge < -0.3 is 16.2 Å². The lowest BCUT2D eigenvalue weighted by molar-refractivity contribution is -0.135. The molecule has 0 unspecified atom stereocenters. The Balaban J connectivity index is 2.55. The lowest BCUT2D eigenvalue weighted by Gasteiger charge is -2.35. The number of halogens is 2. The highest BCUT2D eigenvalue weighted by molar-refractivity contribution is 5.83. The van der Waals surface area contributed by atoms with Crippen molar-refractivity contribution in [1.82, 2.24) is 5.32 Å². The van der Waals surface area contributed by atoms with Gasteiger partial charge >= 0.3 is 0 Å². The van der Waals surface area contributed by atoms with Crippen LogP contribution in [-0.2, 0) is 4.79 Å². The molecule has 1 fully saturated rings. The molecule has 1 amide bonds. The third-order valence-electron chi connectivity index (χ3n) is 3.42. The van der Waals surface area contributed by atoms with E-state index in [0.29, 0.717) is 12.8 Å². The van der Waals surface area contributed by atoms with Crippen LogP contribution < -0.4 is 11.1 Å². The molecule has 4 N–H and O–H groups in total. The highest BCUT2D eigenvalue weighted by Gasteiger charge is 2.39. The van der Waals surface area contributed by atoms with Crippen LogP contribution in [0.25, 0.3) is 0 Å². The predicted molar refractivity (Wildman–Crippen MR) is 59.6 cm³/mol. The minimum absolute atomic E-state index is 0.184. The van der Waals surface area contributed by atoms with Gasteiger partial charge in [-0.15, -0.1) is 0 Å². The van der Waals surface area contributed by atoms with Gasteiger partial charge in [0.1, 0.15) is 6.61 Å². The second kappa shape index (κ2) is 5.73. The van der Waals surface area contributed by atoms with Crippen LogP contribution in [0.5, 0.6) is 0 Å². The maximum absolute atomic E-state index is 12.8. The first-order chi connectivity index (χ1) is 7.96. The van der Waals surface area contributed by atoms with E-state index in [-0.39, 0.29) is 6.54 Å². The molecule has 0 heterocycles. The number of hydrogen-bond acceptors (Lipinski definition) is 3. The van der Waals surface area contributed by atoms with Gasteiger partial charge in [-0.05, 0) is 12.8 Å². The topological polar surface area (TPSA) is 75.4 Å². The Morgan fingerprint density at radius 1 is 1.35 bits per heavy atom. The average molecular weight is 250 g/mol. The molecule has 0 aromatic carbocycles. The summed E-state index contributed by atoms with van der Waals surface area (Å²) in [6, 6.07) is 0. The molecule has 0 radical (unpaired) electrons. The van der Waals surface area contributed by atoms with Gasteiger partial charge in [-0.1, -0.05) is 19.3 Å². The summed E-state index contributed by atoms with van der Waals surface area (Å²) in [5, 5.41) is 10.6. The average Bonchev–Trinajstić information content (AvgIpc) is 2.37. The molecule has 0 atom stereocenters. The summed E-state index contributed by atoms with van der Waals surface area (Å²) in [5.41, 5.74) is 4.92. The number of aliphatic hydroxyl groups excluding tert-OH is 1. The fourth-order valence-electron chi connectivity index (χ4n) is 2.21. The van der Waals surface area contributed by atoms with Crippen LogP contribution in [0.3, 0.4) is 0 Å². The van der Waals surface area contributed by atoms with Gasteiger partial charge in [0.25, 0.3) is 5.92 Å². The van der Waals surface area contributed by atoms with Gasteiger partial charge in [0.15, 0.2) is 0 Å². The Labute approximate surface area is 99.6 Å². The Bertz CT molecular complexity index is 266. The zero-order valence-corrected chi connectivity index (χ0v) is 9.85. The standard InChI is InChI=1S/C11H20F2N2O2/c12-11(13,8-16)7-15-9(17)10(6-14)4-2-1-3-5-10/h16H,1-8,14H2,(H,15,17). The van der Waals surface area contributed by atoms with Crippen molar-refractivity contribution in [3.05, 3.63) is 0 Å². The van der Waals surface area contributed by atoms with Crippen molar-refractivity contribution in [2.24, 2.45) is 11.1 Å². The highest BCUT2D eigenvalue weighted by atomic mass is 19.3. The first-order valence-electron chi connectivity index (χ1n) is 5.93. The fraction of sp³-hybridized carbons (Fsp3) is 0.909. The first kappa shape index (κ1) is 14.3. The van der Waals surface area contributed by atoms with Gasteiger partial charge in [0.05, 0.1) is 12.0 Å². The molecule has 6 heteroatoms. The minimum atomic E-state index is -3.26. The molecule has 1 rings (SSSR count). The lowest BCUT2D eigenvalue weighted by Crippen LogP contribution is -2.50. The number of hydrogen-bond donors (Lipinski definition) is 3. The summed E-state index contributed by atoms with van der Waals surface area (Å²) < 4.78 is 25.6. The van der Waals surface area contributed by atoms with Crippen LogP contribution in [0.15, 0.2) is 0 Å². The van der Waals surface area contributed by atoms with Gasteiger partial charge in [-0.25, -0.2) is 8.78 Å². The predicted octanol–water partition coefficient (Wildman–Crippen LogP) is 0.639. The van der Waals surface area contributed by atoms with Gasteiger partial charge in [0, 0.05) is 6.54 Å². The number of rotatable bonds is 5. The molecule has 0 aromatic heterocycles. The highest BCUT2D eigenvalue weighted by Crippen LogP contribution is 2.35. The van der Waals surface area contributed by atoms with E-state index in [0.717, 1.165) is 19.3 Å². The maximum atomic E-state index is 12.8. The monoisotopic (exact) mass is 250 g/mol. The molecule has 1 aliphatic rings. The molecule has 1 aliphatic carbocycles. The largest absolute Gasteiger partial charge is 0.390 e. The second-order valence-electron chi connectivity index (χ2n) is 4.74. The summed E-state index contributed by atoms with van der Waals surface area (Å²) in [5.74, 6) is -3.67. The molecule has 1 saturated carbocycles. The van der Waals surface area contributed by atoms with Gasteiger partial charge in [-0.2, -0.15) is 0 Å². The number of carbonyl (C=O) groups is 1. The van der Waals surface area contributed by atoms with E-state index >= 15 is 0 Å². The Morgan fingerprint density at radius 2 is 1.94 bits per heavy atom. The van der Waals surface area contributed by atoms with Crippen molar-refractivity contribution in [1.29, 1.82) is 0 Å². The number of nitrogens with two attached hydrogens (primary N) is 1. The van der Waals surface area contributed by atoms with E-state index in [2.05, 4.69) is 5.32 Å². The zero-order chi connectivity index (χ0) is 12.9. The normalized spacial score (nSPS) is 20.0. The summed E-state index contributed by atoms with van der Waals surface area (Å²) in [7, 11) is 0. The van der Waals surface area contributed by atoms with E-state index in [4.69, 9.17) is 10.8 Å². The molecule has 0 spiro atoms. The number of nitrogens with one attached hydrogen (secondary N) is 1.